The second-order valence-electron chi connectivity index (χ2n) is 4.34. The van der Waals surface area contributed by atoms with Crippen LogP contribution in [0, 0.1) is 11.6 Å². The molecule has 0 aliphatic heterocycles. The van der Waals surface area contributed by atoms with E-state index in [1.165, 1.54) is 12.1 Å². The van der Waals surface area contributed by atoms with Crippen molar-refractivity contribution in [1.82, 2.24) is 0 Å². The minimum atomic E-state index is -0.933. The smallest absolute Gasteiger partial charge is 0.167 e. The summed E-state index contributed by atoms with van der Waals surface area (Å²) in [5, 5.41) is 9.34. The summed E-state index contributed by atoms with van der Waals surface area (Å²) in [4.78, 5) is 0. The van der Waals surface area contributed by atoms with Gasteiger partial charge in [-0.25, -0.2) is 8.78 Å². The van der Waals surface area contributed by atoms with Crippen molar-refractivity contribution in [1.29, 1.82) is 0 Å². The monoisotopic (exact) mass is 294 g/mol. The highest BCUT2D eigenvalue weighted by Crippen LogP contribution is 2.32. The summed E-state index contributed by atoms with van der Waals surface area (Å²) < 4.78 is 37.7. The molecule has 0 atom stereocenters. The van der Waals surface area contributed by atoms with Crippen molar-refractivity contribution >= 4 is 0 Å². The molecule has 3 nitrogen and oxygen atoms in total. The molecule has 0 radical (unpaired) electrons. The quantitative estimate of drug-likeness (QED) is 0.887. The molecule has 112 valence electrons. The van der Waals surface area contributed by atoms with Gasteiger partial charge >= 0.3 is 0 Å². The summed E-state index contributed by atoms with van der Waals surface area (Å²) in [7, 11) is 0. The first-order valence-electron chi connectivity index (χ1n) is 6.58. The highest BCUT2D eigenvalue weighted by Gasteiger charge is 2.13. The molecule has 2 aromatic carbocycles. The Morgan fingerprint density at radius 3 is 2.43 bits per heavy atom. The van der Waals surface area contributed by atoms with E-state index in [-0.39, 0.29) is 18.8 Å². The first-order valence-corrected chi connectivity index (χ1v) is 6.58. The predicted octanol–water partition coefficient (Wildman–Crippen LogP) is 3.43. The largest absolute Gasteiger partial charge is 0.490 e. The third kappa shape index (κ3) is 3.49. The van der Waals surface area contributed by atoms with Gasteiger partial charge in [-0.15, -0.1) is 0 Å². The Bertz CT molecular complexity index is 614. The summed E-state index contributed by atoms with van der Waals surface area (Å²) in [6, 6.07) is 9.01. The van der Waals surface area contributed by atoms with Gasteiger partial charge in [-0.1, -0.05) is 24.3 Å². The van der Waals surface area contributed by atoms with E-state index in [1.54, 1.807) is 18.2 Å². The molecule has 0 aromatic heterocycles. The lowest BCUT2D eigenvalue weighted by molar-refractivity contribution is 0.240. The molecule has 0 fully saturated rings. The number of para-hydroxylation sites is 1. The highest BCUT2D eigenvalue weighted by molar-refractivity contribution is 5.46. The summed E-state index contributed by atoms with van der Waals surface area (Å²) in [5.41, 5.74) is 0.628. The van der Waals surface area contributed by atoms with Crippen molar-refractivity contribution in [3.05, 3.63) is 59.2 Å². The van der Waals surface area contributed by atoms with E-state index in [0.717, 1.165) is 6.07 Å². The van der Waals surface area contributed by atoms with Crippen LogP contribution in [0.4, 0.5) is 8.78 Å². The second-order valence-corrected chi connectivity index (χ2v) is 4.34. The molecule has 0 unspecified atom stereocenters. The van der Waals surface area contributed by atoms with Gasteiger partial charge < -0.3 is 14.6 Å². The van der Waals surface area contributed by atoms with E-state index in [1.807, 2.05) is 6.92 Å². The molecule has 0 heterocycles. The van der Waals surface area contributed by atoms with Crippen molar-refractivity contribution in [2.45, 2.75) is 20.1 Å². The minimum absolute atomic E-state index is 0.102. The Labute approximate surface area is 121 Å². The standard InChI is InChI=1S/C16H16F2O3/c1-2-20-14-8-4-5-11(9-19)16(14)21-10-12-6-3-7-13(17)15(12)18/h3-8,19H,2,9-10H2,1H3. The zero-order chi connectivity index (χ0) is 15.2. The Morgan fingerprint density at radius 1 is 1.00 bits per heavy atom. The topological polar surface area (TPSA) is 38.7 Å². The predicted molar refractivity (Wildman–Crippen MR) is 74.2 cm³/mol. The van der Waals surface area contributed by atoms with E-state index < -0.39 is 11.6 Å². The van der Waals surface area contributed by atoms with Crippen LogP contribution in [-0.4, -0.2) is 11.7 Å². The average Bonchev–Trinajstić information content (AvgIpc) is 2.49. The van der Waals surface area contributed by atoms with Crippen molar-refractivity contribution in [3.8, 4) is 11.5 Å². The fraction of sp³-hybridized carbons (Fsp3) is 0.250. The van der Waals surface area contributed by atoms with Crippen LogP contribution in [0.15, 0.2) is 36.4 Å². The van der Waals surface area contributed by atoms with Gasteiger partial charge in [0.15, 0.2) is 23.1 Å². The molecule has 21 heavy (non-hydrogen) atoms. The van der Waals surface area contributed by atoms with Gasteiger partial charge in [0.2, 0.25) is 0 Å². The fourth-order valence-corrected chi connectivity index (χ4v) is 1.93. The molecule has 2 rings (SSSR count). The van der Waals surface area contributed by atoms with Gasteiger partial charge in [0.1, 0.15) is 6.61 Å². The zero-order valence-corrected chi connectivity index (χ0v) is 11.6. The van der Waals surface area contributed by atoms with Crippen LogP contribution in [0.2, 0.25) is 0 Å². The van der Waals surface area contributed by atoms with Crippen molar-refractivity contribution in [2.75, 3.05) is 6.61 Å². The van der Waals surface area contributed by atoms with Crippen LogP contribution in [-0.2, 0) is 13.2 Å². The van der Waals surface area contributed by atoms with Gasteiger partial charge in [-0.3, -0.25) is 0 Å². The van der Waals surface area contributed by atoms with Gasteiger partial charge in [0.25, 0.3) is 0 Å². The van der Waals surface area contributed by atoms with Crippen LogP contribution in [0.1, 0.15) is 18.1 Å². The molecule has 0 bridgehead atoms. The number of halogens is 2. The van der Waals surface area contributed by atoms with Crippen LogP contribution in [0.25, 0.3) is 0 Å². The molecule has 0 saturated carbocycles. The molecular weight excluding hydrogens is 278 g/mol. The first-order chi connectivity index (χ1) is 10.2. The summed E-state index contributed by atoms with van der Waals surface area (Å²) in [6.45, 7) is 1.86. The second kappa shape index (κ2) is 7.04. The lowest BCUT2D eigenvalue weighted by Gasteiger charge is -2.15. The lowest BCUT2D eigenvalue weighted by Crippen LogP contribution is -2.04. The number of rotatable bonds is 6. The van der Waals surface area contributed by atoms with Crippen molar-refractivity contribution in [3.63, 3.8) is 0 Å². The Kier molecular flexibility index (Phi) is 5.11. The maximum absolute atomic E-state index is 13.6. The normalized spacial score (nSPS) is 10.5. The number of aliphatic hydroxyl groups is 1. The number of hydrogen-bond donors (Lipinski definition) is 1. The number of benzene rings is 2. The summed E-state index contributed by atoms with van der Waals surface area (Å²) in [6.07, 6.45) is 0. The van der Waals surface area contributed by atoms with Crippen LogP contribution < -0.4 is 9.47 Å². The van der Waals surface area contributed by atoms with E-state index in [0.29, 0.717) is 23.7 Å². The molecule has 5 heteroatoms. The Balaban J connectivity index is 2.24. The number of ether oxygens (including phenoxy) is 2. The van der Waals surface area contributed by atoms with Crippen molar-refractivity contribution in [2.24, 2.45) is 0 Å². The van der Waals surface area contributed by atoms with Crippen LogP contribution in [0.3, 0.4) is 0 Å². The Hall–Kier alpha value is -2.14. The minimum Gasteiger partial charge on any atom is -0.490 e. The zero-order valence-electron chi connectivity index (χ0n) is 11.6. The maximum atomic E-state index is 13.6. The third-order valence-corrected chi connectivity index (χ3v) is 2.93. The summed E-state index contributed by atoms with van der Waals surface area (Å²) in [5.74, 6) is -1.06. The van der Waals surface area contributed by atoms with E-state index in [9.17, 15) is 13.9 Å². The lowest BCUT2D eigenvalue weighted by atomic mass is 10.2. The molecule has 2 aromatic rings. The molecular formula is C16H16F2O3. The van der Waals surface area contributed by atoms with E-state index in [4.69, 9.17) is 9.47 Å². The van der Waals surface area contributed by atoms with Gasteiger partial charge in [0.05, 0.1) is 13.2 Å². The molecule has 0 saturated heterocycles. The SMILES string of the molecule is CCOc1cccc(CO)c1OCc1cccc(F)c1F. The maximum Gasteiger partial charge on any atom is 0.167 e. The molecule has 0 spiro atoms. The highest BCUT2D eigenvalue weighted by atomic mass is 19.2. The average molecular weight is 294 g/mol. The molecule has 0 amide bonds. The van der Waals surface area contributed by atoms with Gasteiger partial charge in [-0.2, -0.15) is 0 Å². The number of hydrogen-bond acceptors (Lipinski definition) is 3. The van der Waals surface area contributed by atoms with Crippen LogP contribution in [0.5, 0.6) is 11.5 Å². The molecule has 0 aliphatic rings. The Morgan fingerprint density at radius 2 is 1.71 bits per heavy atom. The van der Waals surface area contributed by atoms with Crippen molar-refractivity contribution < 1.29 is 23.4 Å². The summed E-state index contributed by atoms with van der Waals surface area (Å²) >= 11 is 0. The van der Waals surface area contributed by atoms with Gasteiger partial charge in [-0.05, 0) is 19.1 Å². The third-order valence-electron chi connectivity index (χ3n) is 2.93. The fourth-order valence-electron chi connectivity index (χ4n) is 1.93. The van der Waals surface area contributed by atoms with Crippen LogP contribution >= 0.6 is 0 Å². The van der Waals surface area contributed by atoms with Gasteiger partial charge in [0, 0.05) is 11.1 Å². The molecule has 1 N–H and O–H groups in total. The molecule has 0 aliphatic carbocycles. The first kappa shape index (κ1) is 15.3. The number of aliphatic hydroxyl groups excluding tert-OH is 1. The van der Waals surface area contributed by atoms with E-state index in [2.05, 4.69) is 0 Å². The van der Waals surface area contributed by atoms with E-state index >= 15 is 0 Å².